The molecule has 0 spiro atoms. The molecule has 5 nitrogen and oxygen atoms in total. The second kappa shape index (κ2) is 10.3. The van der Waals surface area contributed by atoms with Crippen molar-refractivity contribution < 1.29 is 19.0 Å². The lowest BCUT2D eigenvalue weighted by atomic mass is 10.1. The molecule has 1 unspecified atom stereocenters. The Bertz CT molecular complexity index is 702. The molecule has 0 saturated carbocycles. The Kier molecular flexibility index (Phi) is 7.51. The Morgan fingerprint density at radius 3 is 2.48 bits per heavy atom. The lowest BCUT2D eigenvalue weighted by Crippen LogP contribution is -2.47. The van der Waals surface area contributed by atoms with Crippen molar-refractivity contribution in [3.8, 4) is 5.75 Å². The van der Waals surface area contributed by atoms with E-state index in [1.54, 1.807) is 12.1 Å². The van der Waals surface area contributed by atoms with Gasteiger partial charge in [0.15, 0.2) is 0 Å². The lowest BCUT2D eigenvalue weighted by molar-refractivity contribution is -0.147. The molecule has 2 aromatic carbocycles. The van der Waals surface area contributed by atoms with Crippen LogP contribution in [0.5, 0.6) is 5.75 Å². The molecule has 144 valence electrons. The second-order valence-corrected chi connectivity index (χ2v) is 6.85. The highest BCUT2D eigenvalue weighted by molar-refractivity contribution is 6.30. The van der Waals surface area contributed by atoms with Crippen LogP contribution in [0.1, 0.15) is 12.0 Å². The fraction of sp³-hybridized carbons (Fsp3) is 0.381. The van der Waals surface area contributed by atoms with Crippen molar-refractivity contribution in [2.75, 3.05) is 32.9 Å². The first kappa shape index (κ1) is 19.7. The molecule has 0 bridgehead atoms. The van der Waals surface area contributed by atoms with Gasteiger partial charge in [-0.3, -0.25) is 9.69 Å². The number of carbonyl (C=O) groups excluding carboxylic acids is 1. The molecular formula is C21H24ClNO4. The molecule has 3 rings (SSSR count). The zero-order valence-electron chi connectivity index (χ0n) is 15.2. The van der Waals surface area contributed by atoms with Gasteiger partial charge < -0.3 is 14.2 Å². The molecule has 2 aromatic rings. The van der Waals surface area contributed by atoms with Gasteiger partial charge in [0.25, 0.3) is 0 Å². The number of ether oxygens (including phenoxy) is 3. The highest BCUT2D eigenvalue weighted by Gasteiger charge is 2.25. The summed E-state index contributed by atoms with van der Waals surface area (Å²) in [6.07, 6.45) is 0.278. The van der Waals surface area contributed by atoms with Crippen LogP contribution in [0.15, 0.2) is 54.6 Å². The maximum Gasteiger partial charge on any atom is 0.307 e. The van der Waals surface area contributed by atoms with Crippen molar-refractivity contribution in [2.24, 2.45) is 0 Å². The maximum absolute atomic E-state index is 12.4. The number of benzene rings is 2. The molecule has 1 saturated heterocycles. The van der Waals surface area contributed by atoms with E-state index in [9.17, 15) is 4.79 Å². The highest BCUT2D eigenvalue weighted by atomic mass is 35.5. The Morgan fingerprint density at radius 1 is 1.07 bits per heavy atom. The van der Waals surface area contributed by atoms with Gasteiger partial charge in [-0.2, -0.15) is 0 Å². The standard InChI is InChI=1S/C21H24ClNO4/c22-18-6-8-20(9-7-18)26-16-19(23-10-12-25-13-11-23)14-21(24)27-15-17-4-2-1-3-5-17/h1-9,19H,10-16H2. The van der Waals surface area contributed by atoms with Gasteiger partial charge in [-0.1, -0.05) is 41.9 Å². The third kappa shape index (κ3) is 6.54. The number of rotatable bonds is 8. The van der Waals surface area contributed by atoms with Crippen LogP contribution < -0.4 is 4.74 Å². The summed E-state index contributed by atoms with van der Waals surface area (Å²) < 4.78 is 16.8. The molecule has 0 amide bonds. The predicted octanol–water partition coefficient (Wildman–Crippen LogP) is 3.55. The molecule has 1 aliphatic heterocycles. The lowest BCUT2D eigenvalue weighted by Gasteiger charge is -2.33. The summed E-state index contributed by atoms with van der Waals surface area (Å²) in [6.45, 7) is 3.57. The number of hydrogen-bond donors (Lipinski definition) is 0. The highest BCUT2D eigenvalue weighted by Crippen LogP contribution is 2.17. The van der Waals surface area contributed by atoms with Crippen LogP contribution in [0, 0.1) is 0 Å². The van der Waals surface area contributed by atoms with Gasteiger partial charge in [0.05, 0.1) is 25.7 Å². The second-order valence-electron chi connectivity index (χ2n) is 6.42. The number of nitrogens with zero attached hydrogens (tertiary/aromatic N) is 1. The molecule has 1 aliphatic rings. The van der Waals surface area contributed by atoms with Gasteiger partial charge >= 0.3 is 5.97 Å². The summed E-state index contributed by atoms with van der Waals surface area (Å²) in [5.41, 5.74) is 0.978. The summed E-state index contributed by atoms with van der Waals surface area (Å²) in [5.74, 6) is 0.505. The minimum Gasteiger partial charge on any atom is -0.492 e. The molecule has 1 heterocycles. The summed E-state index contributed by atoms with van der Waals surface area (Å²) in [7, 11) is 0. The van der Waals surface area contributed by atoms with Crippen molar-refractivity contribution in [1.82, 2.24) is 4.90 Å². The Balaban J connectivity index is 1.55. The number of carbonyl (C=O) groups is 1. The van der Waals surface area contributed by atoms with E-state index in [1.165, 1.54) is 0 Å². The van der Waals surface area contributed by atoms with Gasteiger partial charge in [-0.05, 0) is 29.8 Å². The SMILES string of the molecule is O=C(CC(COc1ccc(Cl)cc1)N1CCOCC1)OCc1ccccc1. The first-order valence-corrected chi connectivity index (χ1v) is 9.48. The molecule has 27 heavy (non-hydrogen) atoms. The Labute approximate surface area is 164 Å². The third-order valence-corrected chi connectivity index (χ3v) is 4.72. The fourth-order valence-corrected chi connectivity index (χ4v) is 3.07. The minimum atomic E-state index is -0.227. The van der Waals surface area contributed by atoms with Gasteiger partial charge in [0.1, 0.15) is 19.0 Å². The van der Waals surface area contributed by atoms with Crippen LogP contribution in [-0.4, -0.2) is 49.8 Å². The smallest absolute Gasteiger partial charge is 0.307 e. The van der Waals surface area contributed by atoms with Crippen molar-refractivity contribution in [2.45, 2.75) is 19.1 Å². The first-order valence-electron chi connectivity index (χ1n) is 9.10. The third-order valence-electron chi connectivity index (χ3n) is 4.46. The summed E-state index contributed by atoms with van der Waals surface area (Å²) in [6, 6.07) is 16.8. The monoisotopic (exact) mass is 389 g/mol. The first-order chi connectivity index (χ1) is 13.2. The molecule has 1 fully saturated rings. The van der Waals surface area contributed by atoms with E-state index >= 15 is 0 Å². The van der Waals surface area contributed by atoms with Crippen LogP contribution in [-0.2, 0) is 20.9 Å². The number of hydrogen-bond acceptors (Lipinski definition) is 5. The van der Waals surface area contributed by atoms with Crippen molar-refractivity contribution in [3.63, 3.8) is 0 Å². The summed E-state index contributed by atoms with van der Waals surface area (Å²) in [4.78, 5) is 14.6. The van der Waals surface area contributed by atoms with E-state index in [4.69, 9.17) is 25.8 Å². The normalized spacial score (nSPS) is 15.9. The zero-order valence-corrected chi connectivity index (χ0v) is 15.9. The zero-order chi connectivity index (χ0) is 18.9. The van der Waals surface area contributed by atoms with Gasteiger partial charge in [-0.15, -0.1) is 0 Å². The average Bonchev–Trinajstić information content (AvgIpc) is 2.72. The maximum atomic E-state index is 12.4. The topological polar surface area (TPSA) is 48.0 Å². The van der Waals surface area contributed by atoms with Gasteiger partial charge in [0, 0.05) is 18.1 Å². The molecule has 1 atom stereocenters. The quantitative estimate of drug-likeness (QED) is 0.646. The van der Waals surface area contributed by atoms with E-state index in [0.717, 1.165) is 24.4 Å². The van der Waals surface area contributed by atoms with Crippen LogP contribution in [0.3, 0.4) is 0 Å². The van der Waals surface area contributed by atoms with E-state index in [2.05, 4.69) is 4.90 Å². The van der Waals surface area contributed by atoms with E-state index in [0.29, 0.717) is 24.8 Å². The summed E-state index contributed by atoms with van der Waals surface area (Å²) >= 11 is 5.91. The Hall–Kier alpha value is -2.08. The van der Waals surface area contributed by atoms with Crippen LogP contribution in [0.2, 0.25) is 5.02 Å². The largest absolute Gasteiger partial charge is 0.492 e. The van der Waals surface area contributed by atoms with Crippen LogP contribution >= 0.6 is 11.6 Å². The molecule has 0 radical (unpaired) electrons. The predicted molar refractivity (Wildman–Crippen MR) is 104 cm³/mol. The Morgan fingerprint density at radius 2 is 1.78 bits per heavy atom. The number of morpholine rings is 1. The molecule has 0 aromatic heterocycles. The van der Waals surface area contributed by atoms with E-state index in [-0.39, 0.29) is 25.0 Å². The number of esters is 1. The van der Waals surface area contributed by atoms with Gasteiger partial charge in [-0.25, -0.2) is 0 Å². The van der Waals surface area contributed by atoms with Gasteiger partial charge in [0.2, 0.25) is 0 Å². The summed E-state index contributed by atoms with van der Waals surface area (Å²) in [5, 5.41) is 0.663. The molecule has 6 heteroatoms. The van der Waals surface area contributed by atoms with E-state index < -0.39 is 0 Å². The van der Waals surface area contributed by atoms with Crippen molar-refractivity contribution in [1.29, 1.82) is 0 Å². The van der Waals surface area contributed by atoms with Crippen molar-refractivity contribution in [3.05, 3.63) is 65.2 Å². The van der Waals surface area contributed by atoms with Crippen molar-refractivity contribution >= 4 is 17.6 Å². The van der Waals surface area contributed by atoms with E-state index in [1.807, 2.05) is 42.5 Å². The van der Waals surface area contributed by atoms with Crippen LogP contribution in [0.4, 0.5) is 0 Å². The molecular weight excluding hydrogens is 366 g/mol. The molecule has 0 aliphatic carbocycles. The fourth-order valence-electron chi connectivity index (χ4n) is 2.95. The number of halogens is 1. The van der Waals surface area contributed by atoms with Crippen LogP contribution in [0.25, 0.3) is 0 Å². The average molecular weight is 390 g/mol. The molecule has 0 N–H and O–H groups in total. The minimum absolute atomic E-state index is 0.0622.